The van der Waals surface area contributed by atoms with Crippen molar-refractivity contribution in [3.8, 4) is 0 Å². The van der Waals surface area contributed by atoms with Crippen molar-refractivity contribution in [3.63, 3.8) is 0 Å². The van der Waals surface area contributed by atoms with Gasteiger partial charge in [-0.2, -0.15) is 0 Å². The number of quaternary nitrogens is 1. The van der Waals surface area contributed by atoms with Crippen LogP contribution in [-0.4, -0.2) is 75.5 Å². The number of ether oxygens (including phenoxy) is 3. The minimum atomic E-state index is -1.14. The number of rotatable bonds is 40. The molecule has 0 aromatic carbocycles. The summed E-state index contributed by atoms with van der Waals surface area (Å²) in [6.45, 7) is 4.52. The smallest absolute Gasteiger partial charge is 0.306 e. The third kappa shape index (κ3) is 39.7. The molecule has 0 aromatic rings. The molecule has 2 unspecified atom stereocenters. The zero-order valence-corrected chi connectivity index (χ0v) is 38.1. The molecule has 336 valence electrons. The van der Waals surface area contributed by atoms with Gasteiger partial charge in [0.05, 0.1) is 40.3 Å². The summed E-state index contributed by atoms with van der Waals surface area (Å²) in [5.41, 5.74) is 0. The van der Waals surface area contributed by atoms with Crippen molar-refractivity contribution in [2.45, 2.75) is 180 Å². The highest BCUT2D eigenvalue weighted by molar-refractivity contribution is 5.70. The van der Waals surface area contributed by atoms with E-state index < -0.39 is 18.1 Å². The number of carbonyl (C=O) groups is 3. The lowest BCUT2D eigenvalue weighted by Gasteiger charge is -2.34. The number of likely N-dealkylation sites (N-methyl/N-ethyl adjacent to an activating group) is 1. The van der Waals surface area contributed by atoms with Crippen LogP contribution in [0.5, 0.6) is 0 Å². The lowest BCUT2D eigenvalue weighted by atomic mass is 10.1. The van der Waals surface area contributed by atoms with Crippen LogP contribution in [0.25, 0.3) is 0 Å². The molecular formula is C51H85NO7. The molecule has 0 aromatic heterocycles. The quantitative estimate of drug-likeness (QED) is 0.0199. The molecule has 0 heterocycles. The fraction of sp³-hybridized carbons (Fsp3) is 0.667. The average Bonchev–Trinajstić information content (AvgIpc) is 3.19. The second-order valence-corrected chi connectivity index (χ2v) is 16.4. The molecule has 2 atom stereocenters. The topological polar surface area (TPSA) is 102 Å². The predicted octanol–water partition coefficient (Wildman–Crippen LogP) is 11.6. The summed E-state index contributed by atoms with van der Waals surface area (Å²) in [5.74, 6) is -1.84. The number of carboxylic acids is 1. The number of hydrogen-bond acceptors (Lipinski definition) is 7. The van der Waals surface area contributed by atoms with E-state index in [0.29, 0.717) is 6.42 Å². The number of aliphatic carboxylic acids is 1. The maximum atomic E-state index is 12.7. The number of carboxylic acid groups (broad SMARTS) is 1. The zero-order valence-electron chi connectivity index (χ0n) is 38.1. The first-order valence-electron chi connectivity index (χ1n) is 23.2. The summed E-state index contributed by atoms with van der Waals surface area (Å²) in [7, 11) is 5.38. The Labute approximate surface area is 361 Å². The Bertz CT molecular complexity index is 1240. The van der Waals surface area contributed by atoms with Gasteiger partial charge in [-0.3, -0.25) is 9.59 Å². The molecule has 0 aliphatic rings. The molecule has 0 saturated heterocycles. The largest absolute Gasteiger partial charge is 0.544 e. The highest BCUT2D eigenvalue weighted by Gasteiger charge is 2.25. The van der Waals surface area contributed by atoms with Gasteiger partial charge >= 0.3 is 11.9 Å². The van der Waals surface area contributed by atoms with Crippen molar-refractivity contribution in [1.29, 1.82) is 0 Å². The monoisotopic (exact) mass is 824 g/mol. The van der Waals surface area contributed by atoms with E-state index in [-0.39, 0.29) is 55.5 Å². The summed E-state index contributed by atoms with van der Waals surface area (Å²) >= 11 is 0. The Morgan fingerprint density at radius 2 is 0.983 bits per heavy atom. The van der Waals surface area contributed by atoms with Gasteiger partial charge in [0, 0.05) is 19.3 Å². The van der Waals surface area contributed by atoms with E-state index in [1.165, 1.54) is 64.2 Å². The number of allylic oxidation sites excluding steroid dienone is 14. The SMILES string of the molecule is CCCCC/C=C/C=C/C=C/C=C/CCCCCCCC(=O)OC(COCCC(C(=O)[O-])[N+](C)(C)C)COC(=O)CCC/C=C/C/C=C/C/C=C/CCCCCCCC. The van der Waals surface area contributed by atoms with Crippen molar-refractivity contribution in [3.05, 3.63) is 85.1 Å². The van der Waals surface area contributed by atoms with Crippen LogP contribution in [0.2, 0.25) is 0 Å². The minimum Gasteiger partial charge on any atom is -0.544 e. The standard InChI is InChI=1S/C51H85NO7/c1-6-8-10-12-14-16-18-20-22-24-26-28-30-32-34-36-38-40-42-50(54)59-47(45-57-44-43-48(51(55)56)52(3,4)5)46-58-49(53)41-39-37-35-33-31-29-27-25-23-21-19-17-15-13-11-9-7-2/h14,16,18,20-24,26-29,33,35,47-48H,6-13,15,17,19,25,30-32,34,36-46H2,1-5H3/b16-14+,20-18+,23-21+,24-22+,28-26+,29-27+,35-33+. The van der Waals surface area contributed by atoms with Gasteiger partial charge in [0.2, 0.25) is 0 Å². The second kappa shape index (κ2) is 41.3. The molecule has 0 amide bonds. The summed E-state index contributed by atoms with van der Waals surface area (Å²) in [4.78, 5) is 36.9. The van der Waals surface area contributed by atoms with Gasteiger partial charge in [-0.25, -0.2) is 0 Å². The number of unbranched alkanes of at least 4 members (excludes halogenated alkanes) is 15. The molecule has 0 saturated carbocycles. The Balaban J connectivity index is 4.48. The van der Waals surface area contributed by atoms with Crippen molar-refractivity contribution in [2.75, 3.05) is 41.0 Å². The van der Waals surface area contributed by atoms with Crippen molar-refractivity contribution < 1.29 is 38.2 Å². The summed E-state index contributed by atoms with van der Waals surface area (Å²) in [6, 6.07) is -0.742. The molecule has 0 rings (SSSR count). The van der Waals surface area contributed by atoms with Gasteiger partial charge in [0.15, 0.2) is 6.10 Å². The average molecular weight is 824 g/mol. The fourth-order valence-corrected chi connectivity index (χ4v) is 6.21. The second-order valence-electron chi connectivity index (χ2n) is 16.4. The van der Waals surface area contributed by atoms with Crippen LogP contribution in [0.3, 0.4) is 0 Å². The van der Waals surface area contributed by atoms with E-state index in [1.54, 1.807) is 21.1 Å². The first-order valence-corrected chi connectivity index (χ1v) is 23.2. The minimum absolute atomic E-state index is 0.0102. The molecule has 8 heteroatoms. The summed E-state index contributed by atoms with van der Waals surface area (Å²) in [6.07, 6.45) is 53.2. The van der Waals surface area contributed by atoms with Crippen LogP contribution in [0.4, 0.5) is 0 Å². The van der Waals surface area contributed by atoms with Gasteiger partial charge in [-0.1, -0.05) is 163 Å². The first kappa shape index (κ1) is 55.5. The number of nitrogens with zero attached hydrogens (tertiary/aromatic N) is 1. The van der Waals surface area contributed by atoms with Crippen LogP contribution < -0.4 is 5.11 Å². The maximum Gasteiger partial charge on any atom is 0.306 e. The van der Waals surface area contributed by atoms with Gasteiger partial charge in [0.25, 0.3) is 0 Å². The molecule has 59 heavy (non-hydrogen) atoms. The summed E-state index contributed by atoms with van der Waals surface area (Å²) < 4.78 is 17.1. The lowest BCUT2D eigenvalue weighted by molar-refractivity contribution is -0.889. The zero-order chi connectivity index (χ0) is 43.5. The highest BCUT2D eigenvalue weighted by Crippen LogP contribution is 2.12. The van der Waals surface area contributed by atoms with Gasteiger partial charge in [-0.15, -0.1) is 0 Å². The normalized spacial score (nSPS) is 13.7. The number of carbonyl (C=O) groups excluding carboxylic acids is 3. The highest BCUT2D eigenvalue weighted by atomic mass is 16.6. The molecule has 0 N–H and O–H groups in total. The van der Waals surface area contributed by atoms with E-state index in [9.17, 15) is 19.5 Å². The summed E-state index contributed by atoms with van der Waals surface area (Å²) in [5, 5.41) is 11.6. The molecule has 0 fully saturated rings. The molecule has 0 radical (unpaired) electrons. The Kier molecular flexibility index (Phi) is 38.8. The third-order valence-electron chi connectivity index (χ3n) is 9.85. The van der Waals surface area contributed by atoms with E-state index >= 15 is 0 Å². The first-order chi connectivity index (χ1) is 28.6. The van der Waals surface area contributed by atoms with Gasteiger partial charge < -0.3 is 28.6 Å². The molecule has 0 spiro atoms. The van der Waals surface area contributed by atoms with E-state index in [2.05, 4.69) is 86.8 Å². The van der Waals surface area contributed by atoms with Crippen LogP contribution in [0.15, 0.2) is 85.1 Å². The number of hydrogen-bond donors (Lipinski definition) is 0. The molecule has 8 nitrogen and oxygen atoms in total. The van der Waals surface area contributed by atoms with Crippen LogP contribution in [0, 0.1) is 0 Å². The van der Waals surface area contributed by atoms with Gasteiger partial charge in [-0.05, 0) is 70.6 Å². The number of esters is 2. The van der Waals surface area contributed by atoms with E-state index in [4.69, 9.17) is 14.2 Å². The molecular weight excluding hydrogens is 739 g/mol. The van der Waals surface area contributed by atoms with Gasteiger partial charge in [0.1, 0.15) is 12.6 Å². The Morgan fingerprint density at radius 3 is 1.56 bits per heavy atom. The maximum absolute atomic E-state index is 12.7. The van der Waals surface area contributed by atoms with E-state index in [1.807, 2.05) is 12.2 Å². The van der Waals surface area contributed by atoms with Crippen LogP contribution in [0.1, 0.15) is 168 Å². The molecule has 0 bridgehead atoms. The third-order valence-corrected chi connectivity index (χ3v) is 9.85. The molecule has 0 aliphatic carbocycles. The molecule has 0 aliphatic heterocycles. The lowest BCUT2D eigenvalue weighted by Crippen LogP contribution is -2.55. The van der Waals surface area contributed by atoms with Crippen LogP contribution in [-0.2, 0) is 28.6 Å². The van der Waals surface area contributed by atoms with Crippen molar-refractivity contribution in [2.24, 2.45) is 0 Å². The fourth-order valence-electron chi connectivity index (χ4n) is 6.21. The Hall–Kier alpha value is -3.49. The van der Waals surface area contributed by atoms with Crippen molar-refractivity contribution in [1.82, 2.24) is 0 Å². The van der Waals surface area contributed by atoms with E-state index in [0.717, 1.165) is 64.2 Å². The Morgan fingerprint density at radius 1 is 0.525 bits per heavy atom. The predicted molar refractivity (Wildman–Crippen MR) is 245 cm³/mol. The van der Waals surface area contributed by atoms with Crippen LogP contribution >= 0.6 is 0 Å². The van der Waals surface area contributed by atoms with Crippen molar-refractivity contribution >= 4 is 17.9 Å².